The summed E-state index contributed by atoms with van der Waals surface area (Å²) in [7, 11) is 0. The number of ether oxygens (including phenoxy) is 1. The molecule has 0 fully saturated rings. The number of nitrogens with zero attached hydrogens (tertiary/aromatic N) is 2. The third-order valence-corrected chi connectivity index (χ3v) is 5.21. The van der Waals surface area contributed by atoms with Gasteiger partial charge in [0.05, 0.1) is 11.2 Å². The number of amides is 1. The van der Waals surface area contributed by atoms with Crippen molar-refractivity contribution in [3.8, 4) is 0 Å². The third kappa shape index (κ3) is 3.28. The predicted octanol–water partition coefficient (Wildman–Crippen LogP) is 3.53. The Morgan fingerprint density at radius 2 is 1.85 bits per heavy atom. The minimum Gasteiger partial charge on any atom is -0.451 e. The van der Waals surface area contributed by atoms with Gasteiger partial charge in [0.25, 0.3) is 5.91 Å². The molecule has 4 rings (SSSR count). The van der Waals surface area contributed by atoms with E-state index in [1.54, 1.807) is 22.7 Å². The van der Waals surface area contributed by atoms with Crippen molar-refractivity contribution in [2.75, 3.05) is 23.8 Å². The van der Waals surface area contributed by atoms with Crippen molar-refractivity contribution < 1.29 is 14.3 Å². The molecule has 2 heterocycles. The number of hydrogen-bond acceptors (Lipinski definition) is 5. The van der Waals surface area contributed by atoms with Crippen LogP contribution in [0.1, 0.15) is 10.5 Å². The number of rotatable bonds is 3. The Kier molecular flexibility index (Phi) is 4.58. The monoisotopic (exact) mass is 364 g/mol. The van der Waals surface area contributed by atoms with Crippen LogP contribution in [0.3, 0.4) is 0 Å². The lowest BCUT2D eigenvalue weighted by molar-refractivity contribution is -0.121. The van der Waals surface area contributed by atoms with Gasteiger partial charge in [-0.1, -0.05) is 36.4 Å². The molecule has 5 nitrogen and oxygen atoms in total. The number of thioether (sulfide) groups is 1. The van der Waals surface area contributed by atoms with Gasteiger partial charge in [0.2, 0.25) is 0 Å². The molecule has 0 unspecified atom stereocenters. The average Bonchev–Trinajstić information content (AvgIpc) is 2.71. The van der Waals surface area contributed by atoms with Gasteiger partial charge in [-0.25, -0.2) is 9.78 Å². The number of esters is 1. The molecule has 2 aromatic carbocycles. The molecular weight excluding hydrogens is 348 g/mol. The fourth-order valence-electron chi connectivity index (χ4n) is 2.89. The number of aromatic nitrogens is 1. The highest BCUT2D eigenvalue weighted by Crippen LogP contribution is 2.34. The molecule has 1 aliphatic heterocycles. The minimum atomic E-state index is -0.594. The van der Waals surface area contributed by atoms with Crippen LogP contribution >= 0.6 is 11.8 Å². The maximum Gasteiger partial charge on any atom is 0.357 e. The van der Waals surface area contributed by atoms with Crippen molar-refractivity contribution in [2.24, 2.45) is 0 Å². The summed E-state index contributed by atoms with van der Waals surface area (Å²) in [5.74, 6) is -0.00111. The van der Waals surface area contributed by atoms with Crippen LogP contribution in [0.25, 0.3) is 10.9 Å². The topological polar surface area (TPSA) is 59.5 Å². The van der Waals surface area contributed by atoms with Crippen molar-refractivity contribution in [1.82, 2.24) is 4.98 Å². The van der Waals surface area contributed by atoms with Gasteiger partial charge in [0.1, 0.15) is 5.69 Å². The second-order valence-corrected chi connectivity index (χ2v) is 6.96. The Bertz CT molecular complexity index is 989. The molecule has 26 heavy (non-hydrogen) atoms. The first-order valence-corrected chi connectivity index (χ1v) is 9.26. The quantitative estimate of drug-likeness (QED) is 0.666. The van der Waals surface area contributed by atoms with Crippen molar-refractivity contribution >= 4 is 40.2 Å². The molecule has 1 aliphatic rings. The molecule has 3 aromatic rings. The number of para-hydroxylation sites is 2. The lowest BCUT2D eigenvalue weighted by Gasteiger charge is -2.28. The highest BCUT2D eigenvalue weighted by molar-refractivity contribution is 7.99. The summed E-state index contributed by atoms with van der Waals surface area (Å²) in [4.78, 5) is 31.8. The normalized spacial score (nSPS) is 13.3. The van der Waals surface area contributed by atoms with Gasteiger partial charge in [0.15, 0.2) is 6.61 Å². The van der Waals surface area contributed by atoms with Gasteiger partial charge in [-0.2, -0.15) is 0 Å². The molecule has 0 bridgehead atoms. The smallest absolute Gasteiger partial charge is 0.357 e. The third-order valence-electron chi connectivity index (χ3n) is 4.16. The van der Waals surface area contributed by atoms with E-state index in [4.69, 9.17) is 4.74 Å². The second-order valence-electron chi connectivity index (χ2n) is 5.83. The Morgan fingerprint density at radius 1 is 1.04 bits per heavy atom. The molecule has 0 atom stereocenters. The molecule has 0 saturated heterocycles. The summed E-state index contributed by atoms with van der Waals surface area (Å²) in [6.07, 6.45) is 0. The van der Waals surface area contributed by atoms with E-state index in [-0.39, 0.29) is 18.2 Å². The van der Waals surface area contributed by atoms with Crippen LogP contribution in [0, 0.1) is 0 Å². The van der Waals surface area contributed by atoms with E-state index < -0.39 is 5.97 Å². The molecule has 6 heteroatoms. The number of benzene rings is 2. The van der Waals surface area contributed by atoms with Gasteiger partial charge < -0.3 is 9.64 Å². The first-order valence-electron chi connectivity index (χ1n) is 8.27. The van der Waals surface area contributed by atoms with Crippen LogP contribution in [0.5, 0.6) is 0 Å². The predicted molar refractivity (Wildman–Crippen MR) is 102 cm³/mol. The first-order chi connectivity index (χ1) is 12.7. The van der Waals surface area contributed by atoms with Crippen LogP contribution in [0.15, 0.2) is 65.6 Å². The second kappa shape index (κ2) is 7.17. The molecule has 1 amide bonds. The van der Waals surface area contributed by atoms with Gasteiger partial charge in [-0.05, 0) is 24.3 Å². The molecule has 130 valence electrons. The van der Waals surface area contributed by atoms with Gasteiger partial charge in [0, 0.05) is 22.6 Å². The van der Waals surface area contributed by atoms with Crippen molar-refractivity contribution in [1.29, 1.82) is 0 Å². The van der Waals surface area contributed by atoms with Crippen molar-refractivity contribution in [3.63, 3.8) is 0 Å². The van der Waals surface area contributed by atoms with E-state index in [1.165, 1.54) is 0 Å². The average molecular weight is 364 g/mol. The lowest BCUT2D eigenvalue weighted by atomic mass is 10.2. The summed E-state index contributed by atoms with van der Waals surface area (Å²) in [6, 6.07) is 18.7. The largest absolute Gasteiger partial charge is 0.451 e. The zero-order valence-electron chi connectivity index (χ0n) is 13.9. The minimum absolute atomic E-state index is 0.200. The van der Waals surface area contributed by atoms with E-state index in [2.05, 4.69) is 4.98 Å². The standard InChI is InChI=1S/C20H16N2O3S/c23-19(22-11-12-26-18-8-4-3-7-17(18)22)13-25-20(24)16-10-9-14-5-1-2-6-15(14)21-16/h1-10H,11-13H2. The van der Waals surface area contributed by atoms with E-state index in [0.29, 0.717) is 6.54 Å². The van der Waals surface area contributed by atoms with Crippen LogP contribution in [-0.2, 0) is 9.53 Å². The molecule has 0 aliphatic carbocycles. The zero-order valence-corrected chi connectivity index (χ0v) is 14.7. The van der Waals surface area contributed by atoms with Gasteiger partial charge in [-0.3, -0.25) is 4.79 Å². The van der Waals surface area contributed by atoms with E-state index in [9.17, 15) is 9.59 Å². The number of pyridine rings is 1. The maximum atomic E-state index is 12.5. The van der Waals surface area contributed by atoms with Gasteiger partial charge >= 0.3 is 5.97 Å². The van der Waals surface area contributed by atoms with E-state index in [1.807, 2.05) is 54.6 Å². The summed E-state index contributed by atoms with van der Waals surface area (Å²) in [5, 5.41) is 0.947. The van der Waals surface area contributed by atoms with E-state index in [0.717, 1.165) is 27.2 Å². The van der Waals surface area contributed by atoms with Crippen molar-refractivity contribution in [3.05, 3.63) is 66.4 Å². The Morgan fingerprint density at radius 3 is 2.77 bits per heavy atom. The number of fused-ring (bicyclic) bond motifs is 2. The van der Waals surface area contributed by atoms with Crippen molar-refractivity contribution in [2.45, 2.75) is 4.90 Å². The van der Waals surface area contributed by atoms with Crippen LogP contribution in [-0.4, -0.2) is 35.8 Å². The molecule has 0 radical (unpaired) electrons. The molecule has 1 aromatic heterocycles. The number of anilines is 1. The van der Waals surface area contributed by atoms with Crippen LogP contribution < -0.4 is 4.90 Å². The summed E-state index contributed by atoms with van der Waals surface area (Å²) in [5.41, 5.74) is 1.79. The lowest BCUT2D eigenvalue weighted by Crippen LogP contribution is -2.38. The fraction of sp³-hybridized carbons (Fsp3) is 0.150. The number of carbonyl (C=O) groups is 2. The number of hydrogen-bond donors (Lipinski definition) is 0. The maximum absolute atomic E-state index is 12.5. The van der Waals surface area contributed by atoms with Gasteiger partial charge in [-0.15, -0.1) is 11.8 Å². The Hall–Kier alpha value is -2.86. The summed E-state index contributed by atoms with van der Waals surface area (Å²) >= 11 is 1.72. The molecule has 0 spiro atoms. The van der Waals surface area contributed by atoms with Crippen LogP contribution in [0.2, 0.25) is 0 Å². The van der Waals surface area contributed by atoms with E-state index >= 15 is 0 Å². The van der Waals surface area contributed by atoms with Crippen LogP contribution in [0.4, 0.5) is 5.69 Å². The number of carbonyl (C=O) groups excluding carboxylic acids is 2. The fourth-order valence-corrected chi connectivity index (χ4v) is 3.88. The first kappa shape index (κ1) is 16.6. The highest BCUT2D eigenvalue weighted by Gasteiger charge is 2.23. The SMILES string of the molecule is O=C(OCC(=O)N1CCSc2ccccc21)c1ccc2ccccc2n1. The summed E-state index contributed by atoms with van der Waals surface area (Å²) < 4.78 is 5.21. The highest BCUT2D eigenvalue weighted by atomic mass is 32.2. The molecule has 0 N–H and O–H groups in total. The molecular formula is C20H16N2O3S. The zero-order chi connectivity index (χ0) is 17.9. The molecule has 0 saturated carbocycles. The Balaban J connectivity index is 1.45. The summed E-state index contributed by atoms with van der Waals surface area (Å²) in [6.45, 7) is 0.304. The Labute approximate surface area is 155 Å².